The molecule has 40 heavy (non-hydrogen) atoms. The lowest BCUT2D eigenvalue weighted by molar-refractivity contribution is -0.149. The number of carbonyl (C=O) groups is 1. The summed E-state index contributed by atoms with van der Waals surface area (Å²) in [5.74, 6) is 5.09. The van der Waals surface area contributed by atoms with Gasteiger partial charge in [-0.3, -0.25) is 13.9 Å². The van der Waals surface area contributed by atoms with Crippen molar-refractivity contribution in [2.45, 2.75) is 63.2 Å². The van der Waals surface area contributed by atoms with E-state index in [0.29, 0.717) is 11.2 Å². The summed E-state index contributed by atoms with van der Waals surface area (Å²) in [6.07, 6.45) is -1.17. The predicted octanol–water partition coefficient (Wildman–Crippen LogP) is 2.80. The first-order chi connectivity index (χ1) is 19.0. The van der Waals surface area contributed by atoms with Crippen molar-refractivity contribution in [2.75, 3.05) is 12.3 Å². The van der Waals surface area contributed by atoms with E-state index in [1.165, 1.54) is 24.0 Å². The summed E-state index contributed by atoms with van der Waals surface area (Å²) in [4.78, 5) is 23.1. The molecule has 2 unspecified atom stereocenters. The van der Waals surface area contributed by atoms with Gasteiger partial charge in [0.1, 0.15) is 29.5 Å². The Morgan fingerprint density at radius 2 is 2.05 bits per heavy atom. The fourth-order valence-electron chi connectivity index (χ4n) is 4.00. The van der Waals surface area contributed by atoms with Gasteiger partial charge in [-0.15, -0.1) is 5.92 Å². The van der Waals surface area contributed by atoms with E-state index in [4.69, 9.17) is 35.9 Å². The molecule has 0 amide bonds. The lowest BCUT2D eigenvalue weighted by Crippen LogP contribution is -2.42. The Hall–Kier alpha value is -3.24. The van der Waals surface area contributed by atoms with Crippen LogP contribution in [0.15, 0.2) is 42.9 Å². The molecule has 1 aromatic carbocycles. The van der Waals surface area contributed by atoms with Gasteiger partial charge in [0.25, 0.3) is 0 Å². The Balaban J connectivity index is 1.59. The van der Waals surface area contributed by atoms with Crippen LogP contribution in [-0.2, 0) is 23.4 Å². The number of carbonyl (C=O) groups excluding carboxylic acids is 1. The standard InChI is InChI=1S/C25H30ClN6O7P/c1-5-11-25(26)20(33)19(38-23(25)32-14-29-18-12-28-24(27)30-21(18)32)13-36-40(35,39-17-9-7-6-8-10-17)31-16(4)22(34)37-15(2)3/h6-10,12,14-16,19-20,23,33H,13H2,1-4H3,(H,31,35)(H2,27,28,30)/t16-,19+,20-,23+,25?,40?/m0/s1. The number of ether oxygens (including phenoxy) is 2. The molecule has 0 bridgehead atoms. The van der Waals surface area contributed by atoms with Crippen molar-refractivity contribution in [2.24, 2.45) is 0 Å². The Kier molecular flexibility index (Phi) is 8.99. The minimum Gasteiger partial charge on any atom is -0.462 e. The Morgan fingerprint density at radius 3 is 2.73 bits per heavy atom. The third-order valence-corrected chi connectivity index (χ3v) is 7.93. The summed E-state index contributed by atoms with van der Waals surface area (Å²) in [6.45, 7) is 5.96. The number of alkyl halides is 1. The zero-order valence-electron chi connectivity index (χ0n) is 22.2. The van der Waals surface area contributed by atoms with Gasteiger partial charge < -0.3 is 24.8 Å². The van der Waals surface area contributed by atoms with Crippen LogP contribution >= 0.6 is 19.3 Å². The van der Waals surface area contributed by atoms with Crippen molar-refractivity contribution < 1.29 is 33.0 Å². The van der Waals surface area contributed by atoms with Crippen LogP contribution in [0.2, 0.25) is 0 Å². The van der Waals surface area contributed by atoms with Crippen molar-refractivity contribution in [3.63, 3.8) is 0 Å². The molecule has 1 aliphatic heterocycles. The van der Waals surface area contributed by atoms with Crippen molar-refractivity contribution in [3.8, 4) is 17.6 Å². The van der Waals surface area contributed by atoms with E-state index >= 15 is 0 Å². The third-order valence-electron chi connectivity index (χ3n) is 5.78. The fraction of sp³-hybridized carbons (Fsp3) is 0.440. The fourth-order valence-corrected chi connectivity index (χ4v) is 5.89. The molecule has 1 saturated heterocycles. The monoisotopic (exact) mass is 592 g/mol. The number of esters is 1. The van der Waals surface area contributed by atoms with Crippen LogP contribution in [0.5, 0.6) is 5.75 Å². The highest BCUT2D eigenvalue weighted by atomic mass is 35.5. The highest BCUT2D eigenvalue weighted by molar-refractivity contribution is 7.52. The topological polar surface area (TPSA) is 173 Å². The number of aromatic nitrogens is 4. The summed E-state index contributed by atoms with van der Waals surface area (Å²) in [5.41, 5.74) is 6.49. The minimum absolute atomic E-state index is 0.00427. The van der Waals surface area contributed by atoms with Gasteiger partial charge in [-0.05, 0) is 39.8 Å². The number of hydrogen-bond donors (Lipinski definition) is 3. The van der Waals surface area contributed by atoms with E-state index in [9.17, 15) is 14.5 Å². The van der Waals surface area contributed by atoms with Crippen LogP contribution < -0.4 is 15.3 Å². The SMILES string of the molecule is CC#CC1(Cl)[C@@H](O)[C@@H](COP(=O)(N[C@@H](C)C(=O)OC(C)C)Oc2ccccc2)O[C@H]1n1cnc2cnc(N)nc21. The van der Waals surface area contributed by atoms with Gasteiger partial charge in [0.2, 0.25) is 5.95 Å². The van der Waals surface area contributed by atoms with Crippen molar-refractivity contribution in [1.29, 1.82) is 0 Å². The van der Waals surface area contributed by atoms with E-state index < -0.39 is 49.7 Å². The Bertz CT molecular complexity index is 1460. The number of nitrogen functional groups attached to an aromatic ring is 1. The molecule has 1 aliphatic rings. The molecule has 3 heterocycles. The van der Waals surface area contributed by atoms with E-state index in [1.54, 1.807) is 51.1 Å². The number of para-hydroxylation sites is 1. The molecular weight excluding hydrogens is 563 g/mol. The Morgan fingerprint density at radius 1 is 1.32 bits per heavy atom. The lowest BCUT2D eigenvalue weighted by atomic mass is 9.99. The molecule has 4 rings (SSSR count). The van der Waals surface area contributed by atoms with Gasteiger partial charge >= 0.3 is 13.7 Å². The second-order valence-corrected chi connectivity index (χ2v) is 11.6. The van der Waals surface area contributed by atoms with E-state index in [2.05, 4.69) is 31.9 Å². The number of aliphatic hydroxyl groups is 1. The first kappa shape index (κ1) is 29.7. The second-order valence-electron chi connectivity index (χ2n) is 9.24. The number of halogens is 1. The number of rotatable bonds is 10. The lowest BCUT2D eigenvalue weighted by Gasteiger charge is -2.26. The average molecular weight is 593 g/mol. The molecule has 0 radical (unpaired) electrons. The first-order valence-electron chi connectivity index (χ1n) is 12.3. The minimum atomic E-state index is -4.23. The molecule has 4 N–H and O–H groups in total. The maximum atomic E-state index is 13.8. The Labute approximate surface area is 235 Å². The van der Waals surface area contributed by atoms with Crippen molar-refractivity contribution in [3.05, 3.63) is 42.9 Å². The number of anilines is 1. The molecule has 2 aromatic heterocycles. The van der Waals surface area contributed by atoms with E-state index in [-0.39, 0.29) is 17.8 Å². The van der Waals surface area contributed by atoms with Gasteiger partial charge in [-0.1, -0.05) is 35.7 Å². The van der Waals surface area contributed by atoms with Gasteiger partial charge in [-0.25, -0.2) is 14.5 Å². The number of nitrogens with one attached hydrogen (secondary N) is 1. The largest absolute Gasteiger partial charge is 0.462 e. The number of hydrogen-bond acceptors (Lipinski definition) is 11. The van der Waals surface area contributed by atoms with Gasteiger partial charge in [0.15, 0.2) is 16.7 Å². The molecule has 0 spiro atoms. The molecule has 0 aliphatic carbocycles. The molecule has 0 saturated carbocycles. The smallest absolute Gasteiger partial charge is 0.459 e. The van der Waals surface area contributed by atoms with Crippen LogP contribution in [0.4, 0.5) is 5.95 Å². The molecule has 214 valence electrons. The number of fused-ring (bicyclic) bond motifs is 1. The summed E-state index contributed by atoms with van der Waals surface area (Å²) < 4.78 is 38.0. The average Bonchev–Trinajstić information content (AvgIpc) is 3.41. The van der Waals surface area contributed by atoms with Gasteiger partial charge in [0, 0.05) is 0 Å². The van der Waals surface area contributed by atoms with Crippen molar-refractivity contribution >= 4 is 42.4 Å². The van der Waals surface area contributed by atoms with Crippen LogP contribution in [-0.4, -0.2) is 66.4 Å². The summed E-state index contributed by atoms with van der Waals surface area (Å²) >= 11 is 6.86. The number of nitrogens with two attached hydrogens (primary N) is 1. The van der Waals surface area contributed by atoms with E-state index in [0.717, 1.165) is 0 Å². The second kappa shape index (κ2) is 12.1. The molecule has 6 atom stereocenters. The highest BCUT2D eigenvalue weighted by Crippen LogP contribution is 2.48. The maximum absolute atomic E-state index is 13.8. The molecular formula is C25H30ClN6O7P. The molecule has 13 nitrogen and oxygen atoms in total. The summed E-state index contributed by atoms with van der Waals surface area (Å²) in [7, 11) is -4.23. The third kappa shape index (κ3) is 6.39. The summed E-state index contributed by atoms with van der Waals surface area (Å²) in [5, 5.41) is 13.8. The normalized spacial score (nSPS) is 24.7. The van der Waals surface area contributed by atoms with Crippen molar-refractivity contribution in [1.82, 2.24) is 24.6 Å². The summed E-state index contributed by atoms with van der Waals surface area (Å²) in [6, 6.07) is 7.21. The quantitative estimate of drug-likeness (QED) is 0.136. The van der Waals surface area contributed by atoms with Crippen LogP contribution in [0.25, 0.3) is 11.2 Å². The molecule has 1 fully saturated rings. The van der Waals surface area contributed by atoms with E-state index in [1.807, 2.05) is 0 Å². The van der Waals surface area contributed by atoms with Crippen LogP contribution in [0.3, 0.4) is 0 Å². The van der Waals surface area contributed by atoms with Crippen LogP contribution in [0.1, 0.15) is 33.9 Å². The number of imidazole rings is 1. The maximum Gasteiger partial charge on any atom is 0.459 e. The zero-order chi connectivity index (χ0) is 29.1. The van der Waals surface area contributed by atoms with Crippen LogP contribution in [0, 0.1) is 11.8 Å². The number of benzene rings is 1. The van der Waals surface area contributed by atoms with Gasteiger partial charge in [0.05, 0.1) is 25.2 Å². The number of nitrogens with zero attached hydrogens (tertiary/aromatic N) is 4. The van der Waals surface area contributed by atoms with Gasteiger partial charge in [-0.2, -0.15) is 10.1 Å². The highest BCUT2D eigenvalue weighted by Gasteiger charge is 2.56. The number of aliphatic hydroxyl groups excluding tert-OH is 1. The first-order valence-corrected chi connectivity index (χ1v) is 14.3. The zero-order valence-corrected chi connectivity index (χ0v) is 23.9. The molecule has 15 heteroatoms. The predicted molar refractivity (Wildman–Crippen MR) is 146 cm³/mol. The molecule has 3 aromatic rings.